The summed E-state index contributed by atoms with van der Waals surface area (Å²) in [6.45, 7) is 4.10. The number of hydrogen-bond acceptors (Lipinski definition) is 2. The predicted octanol–water partition coefficient (Wildman–Crippen LogP) is 3.01. The smallest absolute Gasteiger partial charge is 0.312 e. The predicted molar refractivity (Wildman–Crippen MR) is 91.8 cm³/mol. The molecule has 4 nitrogen and oxygen atoms in total. The van der Waals surface area contributed by atoms with Crippen LogP contribution in [-0.4, -0.2) is 17.2 Å². The largest absolute Gasteiger partial charge is 0.378 e. The maximum absolute atomic E-state index is 11.6. The molecule has 0 saturated carbocycles. The standard InChI is InChI=1S/C19H24N2O2/c1-14(2)13-17(21-18(20)22)19(23,15-9-5-3-6-10-15)16-11-7-4-8-12-16/h3-12,14,17,23H,13H2,1-2H3,(H3,20,21,22). The Hall–Kier alpha value is -2.33. The van der Waals surface area contributed by atoms with Gasteiger partial charge in [-0.2, -0.15) is 0 Å². The van der Waals surface area contributed by atoms with Crippen LogP contribution >= 0.6 is 0 Å². The van der Waals surface area contributed by atoms with Crippen LogP contribution in [0, 0.1) is 5.92 Å². The number of primary amides is 1. The van der Waals surface area contributed by atoms with Gasteiger partial charge in [0.15, 0.2) is 0 Å². The van der Waals surface area contributed by atoms with Crippen LogP contribution in [0.3, 0.4) is 0 Å². The van der Waals surface area contributed by atoms with Crippen LogP contribution in [0.25, 0.3) is 0 Å². The van der Waals surface area contributed by atoms with Crippen LogP contribution in [0.4, 0.5) is 4.79 Å². The Labute approximate surface area is 137 Å². The van der Waals surface area contributed by atoms with Gasteiger partial charge in [0, 0.05) is 0 Å². The molecule has 0 saturated heterocycles. The molecule has 0 radical (unpaired) electrons. The highest BCUT2D eigenvalue weighted by Gasteiger charge is 2.41. The molecular formula is C19H24N2O2. The highest BCUT2D eigenvalue weighted by Crippen LogP contribution is 2.35. The zero-order valence-corrected chi connectivity index (χ0v) is 13.6. The number of benzene rings is 2. The first-order valence-corrected chi connectivity index (χ1v) is 7.84. The summed E-state index contributed by atoms with van der Waals surface area (Å²) in [6, 6.07) is 17.6. The van der Waals surface area contributed by atoms with Gasteiger partial charge in [-0.15, -0.1) is 0 Å². The monoisotopic (exact) mass is 312 g/mol. The molecule has 122 valence electrons. The fourth-order valence-electron chi connectivity index (χ4n) is 2.93. The quantitative estimate of drug-likeness (QED) is 0.767. The lowest BCUT2D eigenvalue weighted by molar-refractivity contribution is 0.0335. The zero-order chi connectivity index (χ0) is 16.9. The molecule has 2 amide bonds. The first-order valence-electron chi connectivity index (χ1n) is 7.84. The normalized spacial score (nSPS) is 12.9. The lowest BCUT2D eigenvalue weighted by Gasteiger charge is -2.38. The van der Waals surface area contributed by atoms with Crippen LogP contribution in [-0.2, 0) is 5.60 Å². The van der Waals surface area contributed by atoms with Gasteiger partial charge in [0.25, 0.3) is 0 Å². The molecule has 0 aliphatic rings. The molecule has 4 heteroatoms. The van der Waals surface area contributed by atoms with E-state index >= 15 is 0 Å². The van der Waals surface area contributed by atoms with Crippen LogP contribution in [0.5, 0.6) is 0 Å². The molecule has 2 rings (SSSR count). The second kappa shape index (κ2) is 7.29. The van der Waals surface area contributed by atoms with Gasteiger partial charge < -0.3 is 16.2 Å². The molecule has 4 N–H and O–H groups in total. The summed E-state index contributed by atoms with van der Waals surface area (Å²) in [7, 11) is 0. The van der Waals surface area contributed by atoms with E-state index in [1.807, 2.05) is 74.5 Å². The molecule has 0 aliphatic carbocycles. The third-order valence-electron chi connectivity index (χ3n) is 3.96. The Morgan fingerprint density at radius 3 is 1.83 bits per heavy atom. The van der Waals surface area contributed by atoms with Crippen molar-refractivity contribution in [2.45, 2.75) is 31.9 Å². The molecule has 2 aromatic rings. The van der Waals surface area contributed by atoms with E-state index in [4.69, 9.17) is 5.73 Å². The van der Waals surface area contributed by atoms with Crippen molar-refractivity contribution in [3.63, 3.8) is 0 Å². The lowest BCUT2D eigenvalue weighted by atomic mass is 9.77. The Morgan fingerprint density at radius 2 is 1.48 bits per heavy atom. The Balaban J connectivity index is 2.57. The minimum Gasteiger partial charge on any atom is -0.378 e. The highest BCUT2D eigenvalue weighted by molar-refractivity contribution is 5.72. The van der Waals surface area contributed by atoms with Crippen LogP contribution in [0.1, 0.15) is 31.4 Å². The molecule has 0 fully saturated rings. The maximum Gasteiger partial charge on any atom is 0.312 e. The SMILES string of the molecule is CC(C)CC(NC(N)=O)C(O)(c1ccccc1)c1ccccc1. The first kappa shape index (κ1) is 17.0. The lowest BCUT2D eigenvalue weighted by Crippen LogP contribution is -2.53. The van der Waals surface area contributed by atoms with E-state index in [0.29, 0.717) is 6.42 Å². The fraction of sp³-hybridized carbons (Fsp3) is 0.316. The van der Waals surface area contributed by atoms with E-state index in [1.165, 1.54) is 0 Å². The van der Waals surface area contributed by atoms with Crippen molar-refractivity contribution >= 4 is 6.03 Å². The van der Waals surface area contributed by atoms with E-state index in [9.17, 15) is 9.90 Å². The second-order valence-electron chi connectivity index (χ2n) is 6.19. The van der Waals surface area contributed by atoms with Crippen molar-refractivity contribution < 1.29 is 9.90 Å². The topological polar surface area (TPSA) is 75.3 Å². The van der Waals surface area contributed by atoms with E-state index in [-0.39, 0.29) is 5.92 Å². The van der Waals surface area contributed by atoms with Gasteiger partial charge in [0.2, 0.25) is 0 Å². The molecule has 1 atom stereocenters. The second-order valence-corrected chi connectivity index (χ2v) is 6.19. The van der Waals surface area contributed by atoms with Gasteiger partial charge in [-0.25, -0.2) is 4.79 Å². The summed E-state index contributed by atoms with van der Waals surface area (Å²) in [5.74, 6) is 0.283. The van der Waals surface area contributed by atoms with Gasteiger partial charge in [0.1, 0.15) is 5.60 Å². The number of amides is 2. The molecule has 2 aromatic carbocycles. The van der Waals surface area contributed by atoms with E-state index in [2.05, 4.69) is 5.32 Å². The van der Waals surface area contributed by atoms with Crippen LogP contribution in [0.2, 0.25) is 0 Å². The summed E-state index contributed by atoms with van der Waals surface area (Å²) < 4.78 is 0. The number of hydrogen-bond donors (Lipinski definition) is 3. The van der Waals surface area contributed by atoms with Crippen molar-refractivity contribution in [2.24, 2.45) is 11.7 Å². The number of rotatable bonds is 6. The van der Waals surface area contributed by atoms with Crippen molar-refractivity contribution in [2.75, 3.05) is 0 Å². The molecule has 0 aromatic heterocycles. The molecular weight excluding hydrogens is 288 g/mol. The summed E-state index contributed by atoms with van der Waals surface area (Å²) in [6.07, 6.45) is 0.600. The van der Waals surface area contributed by atoms with Crippen molar-refractivity contribution in [3.05, 3.63) is 71.8 Å². The zero-order valence-electron chi connectivity index (χ0n) is 13.6. The number of carbonyl (C=O) groups excluding carboxylic acids is 1. The number of nitrogens with one attached hydrogen (secondary N) is 1. The number of urea groups is 1. The Bertz CT molecular complexity index is 587. The van der Waals surface area contributed by atoms with Gasteiger partial charge in [-0.1, -0.05) is 74.5 Å². The van der Waals surface area contributed by atoms with Crippen molar-refractivity contribution in [1.82, 2.24) is 5.32 Å². The summed E-state index contributed by atoms with van der Waals surface area (Å²) in [4.78, 5) is 11.5. The van der Waals surface area contributed by atoms with Crippen LogP contribution < -0.4 is 11.1 Å². The molecule has 0 heterocycles. The summed E-state index contributed by atoms with van der Waals surface area (Å²) >= 11 is 0. The van der Waals surface area contributed by atoms with Crippen LogP contribution in [0.15, 0.2) is 60.7 Å². The Kier molecular flexibility index (Phi) is 5.40. The molecule has 0 aliphatic heterocycles. The van der Waals surface area contributed by atoms with Gasteiger partial charge in [-0.05, 0) is 23.5 Å². The van der Waals surface area contributed by atoms with E-state index < -0.39 is 17.7 Å². The number of carbonyl (C=O) groups is 1. The first-order chi connectivity index (χ1) is 10.9. The Morgan fingerprint density at radius 1 is 1.04 bits per heavy atom. The number of nitrogens with two attached hydrogens (primary N) is 1. The molecule has 0 bridgehead atoms. The van der Waals surface area contributed by atoms with E-state index in [1.54, 1.807) is 0 Å². The maximum atomic E-state index is 11.6. The highest BCUT2D eigenvalue weighted by atomic mass is 16.3. The van der Waals surface area contributed by atoms with Gasteiger partial charge in [0.05, 0.1) is 6.04 Å². The third-order valence-corrected chi connectivity index (χ3v) is 3.96. The average molecular weight is 312 g/mol. The minimum absolute atomic E-state index is 0.283. The van der Waals surface area contributed by atoms with Crippen molar-refractivity contribution in [1.29, 1.82) is 0 Å². The molecule has 0 spiro atoms. The fourth-order valence-corrected chi connectivity index (χ4v) is 2.93. The molecule has 1 unspecified atom stereocenters. The van der Waals surface area contributed by atoms with E-state index in [0.717, 1.165) is 11.1 Å². The average Bonchev–Trinajstić information content (AvgIpc) is 2.54. The minimum atomic E-state index is -1.35. The number of aliphatic hydroxyl groups is 1. The van der Waals surface area contributed by atoms with Gasteiger partial charge in [-0.3, -0.25) is 0 Å². The summed E-state index contributed by atoms with van der Waals surface area (Å²) in [5.41, 5.74) is 5.47. The third kappa shape index (κ3) is 3.90. The van der Waals surface area contributed by atoms with Gasteiger partial charge >= 0.3 is 6.03 Å². The molecule has 23 heavy (non-hydrogen) atoms. The summed E-state index contributed by atoms with van der Waals surface area (Å²) in [5, 5.41) is 14.4. The van der Waals surface area contributed by atoms with Crippen molar-refractivity contribution in [3.8, 4) is 0 Å².